The van der Waals surface area contributed by atoms with Gasteiger partial charge < -0.3 is 9.47 Å². The molecular weight excluding hydrogens is 256 g/mol. The van der Waals surface area contributed by atoms with Gasteiger partial charge in [0.05, 0.1) is 6.61 Å². The van der Waals surface area contributed by atoms with Crippen molar-refractivity contribution >= 4 is 11.9 Å². The summed E-state index contributed by atoms with van der Waals surface area (Å²) in [6.07, 6.45) is 3.19. The number of carbonyl (C=O) groups is 2. The summed E-state index contributed by atoms with van der Waals surface area (Å²) in [5, 5.41) is 0. The monoisotopic (exact) mass is 280 g/mol. The van der Waals surface area contributed by atoms with E-state index in [0.29, 0.717) is 5.92 Å². The van der Waals surface area contributed by atoms with E-state index in [0.717, 1.165) is 12.8 Å². The first-order chi connectivity index (χ1) is 9.22. The number of rotatable bonds is 4. The molecule has 0 N–H and O–H groups in total. The quantitative estimate of drug-likeness (QED) is 0.344. The van der Waals surface area contributed by atoms with E-state index >= 15 is 0 Å². The molecule has 2 fully saturated rings. The van der Waals surface area contributed by atoms with Crippen molar-refractivity contribution in [3.63, 3.8) is 0 Å². The third-order valence-corrected chi connectivity index (χ3v) is 5.13. The molecule has 2 saturated carbocycles. The Kier molecular flexibility index (Phi) is 3.69. The topological polar surface area (TPSA) is 52.6 Å². The van der Waals surface area contributed by atoms with Crippen molar-refractivity contribution in [1.82, 2.24) is 0 Å². The molecule has 0 radical (unpaired) electrons. The van der Waals surface area contributed by atoms with Gasteiger partial charge in [0.2, 0.25) is 0 Å². The molecule has 0 aliphatic heterocycles. The standard InChI is InChI=1S/C16H24O4/c1-6-19-12(17)10(2)13(18)20-14-15(3,4)11-7-8-16(14,5)9-11/h11,14H,2,6-9H2,1,3-5H3. The number of ether oxygens (including phenoxy) is 2. The minimum atomic E-state index is -0.691. The second-order valence-corrected chi connectivity index (χ2v) is 6.90. The summed E-state index contributed by atoms with van der Waals surface area (Å²) < 4.78 is 10.4. The number of fused-ring (bicyclic) bond motifs is 2. The van der Waals surface area contributed by atoms with Crippen LogP contribution in [0.25, 0.3) is 0 Å². The summed E-state index contributed by atoms with van der Waals surface area (Å²) in [5.74, 6) is -0.750. The normalized spacial score (nSPS) is 33.8. The lowest BCUT2D eigenvalue weighted by atomic mass is 9.70. The Labute approximate surface area is 120 Å². The van der Waals surface area contributed by atoms with Gasteiger partial charge in [-0.3, -0.25) is 0 Å². The molecule has 3 unspecified atom stereocenters. The summed E-state index contributed by atoms with van der Waals surface area (Å²) >= 11 is 0. The lowest BCUT2D eigenvalue weighted by Crippen LogP contribution is -2.44. The fourth-order valence-electron chi connectivity index (χ4n) is 4.03. The molecule has 0 aromatic carbocycles. The van der Waals surface area contributed by atoms with E-state index in [1.54, 1.807) is 6.92 Å². The van der Waals surface area contributed by atoms with Gasteiger partial charge in [-0.25, -0.2) is 9.59 Å². The molecule has 112 valence electrons. The summed E-state index contributed by atoms with van der Waals surface area (Å²) in [6.45, 7) is 11.9. The molecule has 0 spiro atoms. The summed E-state index contributed by atoms with van der Waals surface area (Å²) in [4.78, 5) is 23.6. The Hall–Kier alpha value is -1.32. The zero-order chi connectivity index (χ0) is 15.1. The molecule has 2 aliphatic rings. The summed E-state index contributed by atoms with van der Waals surface area (Å²) in [7, 11) is 0. The van der Waals surface area contributed by atoms with E-state index in [-0.39, 0.29) is 29.1 Å². The van der Waals surface area contributed by atoms with Gasteiger partial charge in [0.25, 0.3) is 0 Å². The number of carbonyl (C=O) groups excluding carboxylic acids is 2. The molecule has 0 aromatic heterocycles. The van der Waals surface area contributed by atoms with Gasteiger partial charge in [-0.05, 0) is 32.1 Å². The van der Waals surface area contributed by atoms with Crippen LogP contribution in [0.15, 0.2) is 12.2 Å². The van der Waals surface area contributed by atoms with Gasteiger partial charge in [0.15, 0.2) is 0 Å². The first-order valence-electron chi connectivity index (χ1n) is 7.29. The number of hydrogen-bond acceptors (Lipinski definition) is 4. The second-order valence-electron chi connectivity index (χ2n) is 6.90. The fourth-order valence-corrected chi connectivity index (χ4v) is 4.03. The van der Waals surface area contributed by atoms with Crippen molar-refractivity contribution < 1.29 is 19.1 Å². The Morgan fingerprint density at radius 1 is 1.25 bits per heavy atom. The SMILES string of the molecule is C=C(C(=O)OCC)C(=O)OC1C2(C)CCC(C2)C1(C)C. The van der Waals surface area contributed by atoms with E-state index in [1.807, 2.05) is 0 Å². The van der Waals surface area contributed by atoms with E-state index < -0.39 is 11.9 Å². The van der Waals surface area contributed by atoms with Crippen molar-refractivity contribution in [3.05, 3.63) is 12.2 Å². The van der Waals surface area contributed by atoms with Crippen LogP contribution in [-0.2, 0) is 19.1 Å². The lowest BCUT2D eigenvalue weighted by molar-refractivity contribution is -0.162. The van der Waals surface area contributed by atoms with Crippen molar-refractivity contribution in [2.45, 2.75) is 53.1 Å². The summed E-state index contributed by atoms with van der Waals surface area (Å²) in [6, 6.07) is 0. The van der Waals surface area contributed by atoms with E-state index in [2.05, 4.69) is 27.4 Å². The predicted octanol–water partition coefficient (Wildman–Crippen LogP) is 2.86. The Morgan fingerprint density at radius 3 is 2.40 bits per heavy atom. The van der Waals surface area contributed by atoms with Crippen LogP contribution in [-0.4, -0.2) is 24.6 Å². The van der Waals surface area contributed by atoms with Crippen molar-refractivity contribution in [1.29, 1.82) is 0 Å². The highest BCUT2D eigenvalue weighted by Crippen LogP contribution is 2.63. The Bertz CT molecular complexity index is 447. The van der Waals surface area contributed by atoms with Gasteiger partial charge in [0.1, 0.15) is 11.7 Å². The Balaban J connectivity index is 2.08. The average Bonchev–Trinajstić information content (AvgIpc) is 2.85. The van der Waals surface area contributed by atoms with Crippen LogP contribution < -0.4 is 0 Å². The molecule has 2 bridgehead atoms. The first-order valence-corrected chi connectivity index (χ1v) is 7.29. The smallest absolute Gasteiger partial charge is 0.345 e. The molecule has 0 heterocycles. The molecule has 0 amide bonds. The van der Waals surface area contributed by atoms with E-state index in [9.17, 15) is 9.59 Å². The highest BCUT2D eigenvalue weighted by molar-refractivity contribution is 6.13. The predicted molar refractivity (Wildman–Crippen MR) is 74.9 cm³/mol. The van der Waals surface area contributed by atoms with Gasteiger partial charge in [-0.2, -0.15) is 0 Å². The van der Waals surface area contributed by atoms with Gasteiger partial charge in [-0.15, -0.1) is 0 Å². The average molecular weight is 280 g/mol. The maximum atomic E-state index is 12.1. The zero-order valence-electron chi connectivity index (χ0n) is 12.8. The van der Waals surface area contributed by atoms with E-state index in [4.69, 9.17) is 9.47 Å². The highest BCUT2D eigenvalue weighted by atomic mass is 16.6. The Morgan fingerprint density at radius 2 is 1.90 bits per heavy atom. The molecule has 4 heteroatoms. The van der Waals surface area contributed by atoms with Crippen LogP contribution >= 0.6 is 0 Å². The molecule has 20 heavy (non-hydrogen) atoms. The lowest BCUT2D eigenvalue weighted by Gasteiger charge is -2.41. The minimum Gasteiger partial charge on any atom is -0.462 e. The molecule has 0 aromatic rings. The van der Waals surface area contributed by atoms with Gasteiger partial charge in [0, 0.05) is 10.8 Å². The third-order valence-electron chi connectivity index (χ3n) is 5.13. The second kappa shape index (κ2) is 4.90. The largest absolute Gasteiger partial charge is 0.462 e. The summed E-state index contributed by atoms with van der Waals surface area (Å²) in [5.41, 5.74) is -0.231. The van der Waals surface area contributed by atoms with Gasteiger partial charge in [-0.1, -0.05) is 27.4 Å². The van der Waals surface area contributed by atoms with Crippen LogP contribution in [0, 0.1) is 16.7 Å². The highest BCUT2D eigenvalue weighted by Gasteiger charge is 2.61. The molecular formula is C16H24O4. The zero-order valence-corrected chi connectivity index (χ0v) is 12.8. The number of hydrogen-bond donors (Lipinski definition) is 0. The number of esters is 2. The van der Waals surface area contributed by atoms with Crippen molar-refractivity contribution in [2.24, 2.45) is 16.7 Å². The van der Waals surface area contributed by atoms with Gasteiger partial charge >= 0.3 is 11.9 Å². The first kappa shape index (κ1) is 15.1. The molecule has 2 aliphatic carbocycles. The third kappa shape index (κ3) is 2.25. The van der Waals surface area contributed by atoms with Crippen LogP contribution in [0.3, 0.4) is 0 Å². The molecule has 0 saturated heterocycles. The maximum Gasteiger partial charge on any atom is 0.345 e. The maximum absolute atomic E-state index is 12.1. The van der Waals surface area contributed by atoms with Crippen LogP contribution in [0.4, 0.5) is 0 Å². The fraction of sp³-hybridized carbons (Fsp3) is 0.750. The van der Waals surface area contributed by atoms with Crippen LogP contribution in [0.1, 0.15) is 47.0 Å². The minimum absolute atomic E-state index is 0.0266. The van der Waals surface area contributed by atoms with Crippen LogP contribution in [0.5, 0.6) is 0 Å². The van der Waals surface area contributed by atoms with Crippen LogP contribution in [0.2, 0.25) is 0 Å². The molecule has 3 atom stereocenters. The van der Waals surface area contributed by atoms with E-state index in [1.165, 1.54) is 6.42 Å². The van der Waals surface area contributed by atoms with Crippen molar-refractivity contribution in [2.75, 3.05) is 6.61 Å². The van der Waals surface area contributed by atoms with Crippen molar-refractivity contribution in [3.8, 4) is 0 Å². The molecule has 2 rings (SSSR count). The molecule has 4 nitrogen and oxygen atoms in total.